The molecule has 2 heterocycles. The minimum Gasteiger partial charge on any atom is -0.505 e. The number of anilines is 1. The number of phenolic OH excluding ortho intramolecular Hbond substituents is 1. The van der Waals surface area contributed by atoms with Gasteiger partial charge in [-0.15, -0.1) is 0 Å². The van der Waals surface area contributed by atoms with E-state index in [1.54, 1.807) is 30.3 Å². The predicted molar refractivity (Wildman–Crippen MR) is 179 cm³/mol. The third-order valence-corrected chi connectivity index (χ3v) is 11.0. The van der Waals surface area contributed by atoms with Gasteiger partial charge in [0.05, 0.1) is 35.4 Å². The number of hydrogen-bond acceptors (Lipinski definition) is 6. The van der Waals surface area contributed by atoms with Gasteiger partial charge in [0.25, 0.3) is 11.8 Å². The average molecular weight is 656 g/mol. The monoisotopic (exact) mass is 655 g/mol. The molecule has 2 saturated heterocycles. The number of carbonyl (C=O) groups excluding carboxylic acids is 4. The highest BCUT2D eigenvalue weighted by Crippen LogP contribution is 2.64. The first-order valence-corrected chi connectivity index (χ1v) is 16.5. The van der Waals surface area contributed by atoms with Crippen molar-refractivity contribution >= 4 is 29.3 Å². The number of nitrogens with zero attached hydrogens (tertiary/aromatic N) is 2. The van der Waals surface area contributed by atoms with Crippen LogP contribution >= 0.6 is 0 Å². The van der Waals surface area contributed by atoms with Gasteiger partial charge >= 0.3 is 0 Å². The summed E-state index contributed by atoms with van der Waals surface area (Å²) in [5.74, 6) is -6.64. The lowest BCUT2D eigenvalue weighted by Gasteiger charge is -2.50. The van der Waals surface area contributed by atoms with Crippen LogP contribution in [0.25, 0.3) is 0 Å². The maximum Gasteiger partial charge on any atom is 0.260 e. The summed E-state index contributed by atoms with van der Waals surface area (Å²) in [5, 5.41) is 11.3. The summed E-state index contributed by atoms with van der Waals surface area (Å²) in [6.07, 6.45) is 2.35. The van der Waals surface area contributed by atoms with Gasteiger partial charge in [0.15, 0.2) is 11.6 Å². The number of amides is 4. The lowest BCUT2D eigenvalue weighted by Crippen LogP contribution is -2.53. The highest BCUT2D eigenvalue weighted by molar-refractivity contribution is 6.13. The Balaban J connectivity index is 1.29. The van der Waals surface area contributed by atoms with Gasteiger partial charge in [-0.3, -0.25) is 29.5 Å². The number of imide groups is 2. The zero-order chi connectivity index (χ0) is 34.0. The second kappa shape index (κ2) is 11.5. The first-order valence-electron chi connectivity index (χ1n) is 16.5. The highest BCUT2D eigenvalue weighted by Gasteiger charge is 2.70. The van der Waals surface area contributed by atoms with E-state index in [1.165, 1.54) is 17.0 Å². The molecule has 0 radical (unpaired) electrons. The number of carbonyl (C=O) groups is 4. The summed E-state index contributed by atoms with van der Waals surface area (Å²) in [4.78, 5) is 59.2. The van der Waals surface area contributed by atoms with Gasteiger partial charge in [-0.05, 0) is 66.6 Å². The molecular weight excluding hydrogens is 621 g/mol. The van der Waals surface area contributed by atoms with E-state index in [4.69, 9.17) is 0 Å². The fourth-order valence-corrected chi connectivity index (χ4v) is 8.81. The fourth-order valence-electron chi connectivity index (χ4n) is 8.81. The number of hydrazine groups is 1. The number of hydrogen-bond donors (Lipinski definition) is 2. The van der Waals surface area contributed by atoms with E-state index in [2.05, 4.69) is 5.43 Å². The molecule has 6 unspecified atom stereocenters. The number of benzene rings is 4. The van der Waals surface area contributed by atoms with Crippen molar-refractivity contribution in [2.75, 3.05) is 5.43 Å². The van der Waals surface area contributed by atoms with Gasteiger partial charge in [0.2, 0.25) is 11.8 Å². The Morgan fingerprint density at radius 2 is 1.53 bits per heavy atom. The van der Waals surface area contributed by atoms with E-state index in [0.717, 1.165) is 21.7 Å². The van der Waals surface area contributed by atoms with E-state index in [1.807, 2.05) is 73.7 Å². The van der Waals surface area contributed by atoms with Crippen molar-refractivity contribution in [2.24, 2.45) is 23.7 Å². The summed E-state index contributed by atoms with van der Waals surface area (Å²) >= 11 is 0. The van der Waals surface area contributed by atoms with E-state index in [-0.39, 0.29) is 31.2 Å². The zero-order valence-electron chi connectivity index (χ0n) is 26.8. The minimum absolute atomic E-state index is 0.142. The standard InChI is InChI=1S/C40H34FN3O5/c1-23-12-15-27(16-13-23)42-44-37(47)31-21-30-28(17-18-29-34(30)38(48)43(36(29)46)22-24-8-4-2-5-9-24)35(25-14-19-33(45)32(41)20-25)40(31,39(44)49)26-10-6-3-7-11-26/h2-17,19-20,29-31,34-35,42,45H,18,21-22H2,1H3. The summed E-state index contributed by atoms with van der Waals surface area (Å²) in [6, 6.07) is 29.8. The summed E-state index contributed by atoms with van der Waals surface area (Å²) in [6.45, 7) is 2.08. The number of fused-ring (bicyclic) bond motifs is 4. The molecule has 0 spiro atoms. The van der Waals surface area contributed by atoms with E-state index < -0.39 is 58.4 Å². The average Bonchev–Trinajstić information content (AvgIpc) is 3.48. The summed E-state index contributed by atoms with van der Waals surface area (Å²) in [7, 11) is 0. The molecule has 6 atom stereocenters. The molecule has 9 heteroatoms. The quantitative estimate of drug-likeness (QED) is 0.194. The second-order valence-corrected chi connectivity index (χ2v) is 13.6. The van der Waals surface area contributed by atoms with Crippen molar-refractivity contribution in [3.8, 4) is 5.75 Å². The smallest absolute Gasteiger partial charge is 0.260 e. The number of allylic oxidation sites excluding steroid dienone is 2. The van der Waals surface area contributed by atoms with Gasteiger partial charge < -0.3 is 5.11 Å². The molecule has 246 valence electrons. The number of likely N-dealkylation sites (tertiary alicyclic amines) is 1. The number of rotatable bonds is 6. The summed E-state index contributed by atoms with van der Waals surface area (Å²) < 4.78 is 15.2. The molecule has 3 fully saturated rings. The highest BCUT2D eigenvalue weighted by atomic mass is 19.1. The first-order chi connectivity index (χ1) is 23.7. The van der Waals surface area contributed by atoms with Crippen LogP contribution in [-0.2, 0) is 31.1 Å². The number of nitrogens with one attached hydrogen (secondary N) is 1. The SMILES string of the molecule is Cc1ccc(NN2C(=O)C3CC4C(=CCC5C(=O)N(Cc6ccccc6)C(=O)C54)C(c4ccc(O)c(F)c4)C3(c3ccccc3)C2=O)cc1. The maximum atomic E-state index is 15.2. The van der Waals surface area contributed by atoms with Crippen LogP contribution in [0.1, 0.15) is 41.0 Å². The Bertz CT molecular complexity index is 2030. The van der Waals surface area contributed by atoms with Crippen LogP contribution in [0.2, 0.25) is 0 Å². The second-order valence-electron chi connectivity index (χ2n) is 13.6. The minimum atomic E-state index is -1.51. The Morgan fingerprint density at radius 1 is 0.837 bits per heavy atom. The lowest BCUT2D eigenvalue weighted by atomic mass is 9.49. The Hall–Kier alpha value is -5.57. The topological polar surface area (TPSA) is 107 Å². The maximum absolute atomic E-state index is 15.2. The van der Waals surface area contributed by atoms with Crippen LogP contribution in [0, 0.1) is 36.4 Å². The van der Waals surface area contributed by atoms with Crippen molar-refractivity contribution in [3.63, 3.8) is 0 Å². The van der Waals surface area contributed by atoms with Gasteiger partial charge in [-0.25, -0.2) is 4.39 Å². The van der Waals surface area contributed by atoms with E-state index in [9.17, 15) is 19.5 Å². The Kier molecular flexibility index (Phi) is 7.24. The van der Waals surface area contributed by atoms with Crippen LogP contribution in [0.15, 0.2) is 115 Å². The van der Waals surface area contributed by atoms with Crippen molar-refractivity contribution in [3.05, 3.63) is 143 Å². The molecule has 2 aliphatic heterocycles. The number of aryl methyl sites for hydroxylation is 1. The molecule has 0 bridgehead atoms. The molecular formula is C40H34FN3O5. The van der Waals surface area contributed by atoms with E-state index in [0.29, 0.717) is 16.8 Å². The predicted octanol–water partition coefficient (Wildman–Crippen LogP) is 6.02. The normalized spacial score (nSPS) is 27.5. The molecule has 4 amide bonds. The van der Waals surface area contributed by atoms with Gasteiger partial charge in [0, 0.05) is 5.92 Å². The molecule has 1 saturated carbocycles. The number of aromatic hydroxyl groups is 1. The molecule has 4 aromatic rings. The van der Waals surface area contributed by atoms with Crippen LogP contribution < -0.4 is 5.43 Å². The molecule has 2 N–H and O–H groups in total. The fraction of sp³-hybridized carbons (Fsp3) is 0.250. The largest absolute Gasteiger partial charge is 0.505 e. The third-order valence-electron chi connectivity index (χ3n) is 11.0. The van der Waals surface area contributed by atoms with Gasteiger partial charge in [-0.1, -0.05) is 96.1 Å². The van der Waals surface area contributed by atoms with Crippen LogP contribution in [0.5, 0.6) is 5.75 Å². The van der Waals surface area contributed by atoms with Gasteiger partial charge in [-0.2, -0.15) is 5.01 Å². The van der Waals surface area contributed by atoms with Crippen LogP contribution in [0.4, 0.5) is 10.1 Å². The molecule has 0 aromatic heterocycles. The summed E-state index contributed by atoms with van der Waals surface area (Å²) in [5.41, 5.74) is 5.65. The van der Waals surface area contributed by atoms with Crippen molar-refractivity contribution < 1.29 is 28.7 Å². The Morgan fingerprint density at radius 3 is 2.22 bits per heavy atom. The molecule has 8 rings (SSSR count). The number of phenols is 1. The van der Waals surface area contributed by atoms with Crippen LogP contribution in [-0.4, -0.2) is 38.6 Å². The van der Waals surface area contributed by atoms with Crippen LogP contribution in [0.3, 0.4) is 0 Å². The lowest BCUT2D eigenvalue weighted by molar-refractivity contribution is -0.142. The van der Waals surface area contributed by atoms with Crippen molar-refractivity contribution in [1.29, 1.82) is 0 Å². The molecule has 2 aliphatic carbocycles. The number of halogens is 1. The Labute approximate surface area is 282 Å². The third kappa shape index (κ3) is 4.63. The van der Waals surface area contributed by atoms with Gasteiger partial charge in [0.1, 0.15) is 0 Å². The zero-order valence-corrected chi connectivity index (χ0v) is 26.8. The van der Waals surface area contributed by atoms with Crippen molar-refractivity contribution in [1.82, 2.24) is 9.91 Å². The molecule has 4 aromatic carbocycles. The molecule has 4 aliphatic rings. The van der Waals surface area contributed by atoms with E-state index >= 15 is 9.18 Å². The molecule has 49 heavy (non-hydrogen) atoms. The van der Waals surface area contributed by atoms with Crippen molar-refractivity contribution in [2.45, 2.75) is 37.6 Å². The first kappa shape index (κ1) is 30.7. The molecule has 8 nitrogen and oxygen atoms in total.